The molecule has 7 heteroatoms. The van der Waals surface area contributed by atoms with E-state index in [0.29, 0.717) is 10.9 Å². The SMILES string of the molecule is O=S(=O)(O)c1cc2ccccc2c2[nH]nnc12. The number of aromatic amines is 1. The molecule has 3 rings (SSSR count). The molecule has 0 spiro atoms. The molecule has 0 amide bonds. The molecule has 3 aromatic rings. The number of fused-ring (bicyclic) bond motifs is 3. The molecule has 0 aliphatic carbocycles. The number of H-pyrrole nitrogens is 1. The first kappa shape index (κ1) is 10.2. The second-order valence-electron chi connectivity index (χ2n) is 3.61. The van der Waals surface area contributed by atoms with E-state index in [1.54, 1.807) is 12.1 Å². The second-order valence-corrected chi connectivity index (χ2v) is 5.00. The zero-order chi connectivity index (χ0) is 12.0. The molecule has 6 nitrogen and oxygen atoms in total. The van der Waals surface area contributed by atoms with Crippen LogP contribution in [0, 0.1) is 0 Å². The van der Waals surface area contributed by atoms with Crippen LogP contribution in [0.4, 0.5) is 0 Å². The summed E-state index contributed by atoms with van der Waals surface area (Å²) in [5.41, 5.74) is 0.641. The highest BCUT2D eigenvalue weighted by molar-refractivity contribution is 7.86. The Labute approximate surface area is 96.0 Å². The highest BCUT2D eigenvalue weighted by Crippen LogP contribution is 2.28. The van der Waals surface area contributed by atoms with Gasteiger partial charge in [-0.2, -0.15) is 8.42 Å². The van der Waals surface area contributed by atoms with Crippen LogP contribution in [0.2, 0.25) is 0 Å². The van der Waals surface area contributed by atoms with Crippen molar-refractivity contribution in [2.75, 3.05) is 0 Å². The number of hydrogen-bond donors (Lipinski definition) is 2. The first-order valence-electron chi connectivity index (χ1n) is 4.77. The molecular weight excluding hydrogens is 242 g/mol. The smallest absolute Gasteiger partial charge is 0.282 e. The van der Waals surface area contributed by atoms with Crippen molar-refractivity contribution in [2.24, 2.45) is 0 Å². The van der Waals surface area contributed by atoms with E-state index in [9.17, 15) is 8.42 Å². The Kier molecular flexibility index (Phi) is 1.95. The monoisotopic (exact) mass is 249 g/mol. The standard InChI is InChI=1S/C10H7N3O3S/c14-17(15,16)8-5-6-3-1-2-4-7(6)9-10(8)12-13-11-9/h1-5H,(H,11,12,13)(H,14,15,16). The summed E-state index contributed by atoms with van der Waals surface area (Å²) < 4.78 is 31.7. The van der Waals surface area contributed by atoms with Crippen molar-refractivity contribution in [3.63, 3.8) is 0 Å². The van der Waals surface area contributed by atoms with E-state index >= 15 is 0 Å². The van der Waals surface area contributed by atoms with Gasteiger partial charge in [-0.15, -0.1) is 5.10 Å². The summed E-state index contributed by atoms with van der Waals surface area (Å²) in [6.45, 7) is 0. The molecule has 0 atom stereocenters. The molecule has 17 heavy (non-hydrogen) atoms. The van der Waals surface area contributed by atoms with Crippen molar-refractivity contribution in [3.8, 4) is 0 Å². The van der Waals surface area contributed by atoms with E-state index in [4.69, 9.17) is 4.55 Å². The average Bonchev–Trinajstić information content (AvgIpc) is 2.75. The van der Waals surface area contributed by atoms with Gasteiger partial charge < -0.3 is 0 Å². The number of nitrogens with one attached hydrogen (secondary N) is 1. The summed E-state index contributed by atoms with van der Waals surface area (Å²) in [5, 5.41) is 11.4. The van der Waals surface area contributed by atoms with E-state index in [1.807, 2.05) is 12.1 Å². The number of nitrogens with zero attached hydrogens (tertiary/aromatic N) is 2. The predicted octanol–water partition coefficient (Wildman–Crippen LogP) is 1.36. The van der Waals surface area contributed by atoms with Gasteiger partial charge in [0.2, 0.25) is 0 Å². The van der Waals surface area contributed by atoms with Crippen LogP contribution < -0.4 is 0 Å². The van der Waals surface area contributed by atoms with Crippen LogP contribution >= 0.6 is 0 Å². The fourth-order valence-electron chi connectivity index (χ4n) is 1.84. The largest absolute Gasteiger partial charge is 0.296 e. The van der Waals surface area contributed by atoms with Crippen LogP contribution in [-0.2, 0) is 10.1 Å². The van der Waals surface area contributed by atoms with Crippen LogP contribution in [-0.4, -0.2) is 28.4 Å². The molecule has 1 aromatic heterocycles. The fourth-order valence-corrected chi connectivity index (χ4v) is 2.51. The van der Waals surface area contributed by atoms with Crippen molar-refractivity contribution < 1.29 is 13.0 Å². The summed E-state index contributed by atoms with van der Waals surface area (Å²) in [4.78, 5) is -0.236. The maximum Gasteiger partial charge on any atom is 0.296 e. The summed E-state index contributed by atoms with van der Waals surface area (Å²) in [5.74, 6) is 0. The van der Waals surface area contributed by atoms with Gasteiger partial charge in [-0.25, -0.2) is 0 Å². The minimum Gasteiger partial charge on any atom is -0.282 e. The molecule has 0 aliphatic rings. The molecule has 0 radical (unpaired) electrons. The van der Waals surface area contributed by atoms with Gasteiger partial charge in [-0.1, -0.05) is 29.5 Å². The van der Waals surface area contributed by atoms with Gasteiger partial charge >= 0.3 is 0 Å². The van der Waals surface area contributed by atoms with Gasteiger partial charge in [0.25, 0.3) is 10.1 Å². The topological polar surface area (TPSA) is 95.9 Å². The summed E-state index contributed by atoms with van der Waals surface area (Å²) in [7, 11) is -4.31. The van der Waals surface area contributed by atoms with Crippen molar-refractivity contribution in [1.29, 1.82) is 0 Å². The molecule has 0 bridgehead atoms. The van der Waals surface area contributed by atoms with E-state index in [0.717, 1.165) is 5.39 Å². The maximum absolute atomic E-state index is 11.3. The van der Waals surface area contributed by atoms with Gasteiger partial charge in [-0.05, 0) is 11.5 Å². The third-order valence-electron chi connectivity index (χ3n) is 2.58. The van der Waals surface area contributed by atoms with Crippen LogP contribution in [0.15, 0.2) is 35.2 Å². The lowest BCUT2D eigenvalue weighted by Crippen LogP contribution is -1.99. The lowest BCUT2D eigenvalue weighted by Gasteiger charge is -2.02. The molecular formula is C10H7N3O3S. The quantitative estimate of drug-likeness (QED) is 0.635. The first-order valence-corrected chi connectivity index (χ1v) is 6.21. The Morgan fingerprint density at radius 3 is 2.76 bits per heavy atom. The van der Waals surface area contributed by atoms with Gasteiger partial charge in [0, 0.05) is 5.39 Å². The average molecular weight is 249 g/mol. The second kappa shape index (κ2) is 3.25. The molecule has 86 valence electrons. The van der Waals surface area contributed by atoms with Crippen LogP contribution in [0.25, 0.3) is 21.8 Å². The van der Waals surface area contributed by atoms with Gasteiger partial charge in [-0.3, -0.25) is 9.65 Å². The molecule has 2 N–H and O–H groups in total. The third kappa shape index (κ3) is 1.48. The molecule has 2 aromatic carbocycles. The Morgan fingerprint density at radius 2 is 2.00 bits per heavy atom. The summed E-state index contributed by atoms with van der Waals surface area (Å²) in [6.07, 6.45) is 0. The van der Waals surface area contributed by atoms with Crippen molar-refractivity contribution >= 4 is 31.9 Å². The highest BCUT2D eigenvalue weighted by atomic mass is 32.2. The molecule has 0 aliphatic heterocycles. The molecule has 0 fully saturated rings. The van der Waals surface area contributed by atoms with Gasteiger partial charge in [0.05, 0.1) is 5.52 Å². The van der Waals surface area contributed by atoms with Gasteiger partial charge in [0.15, 0.2) is 0 Å². The zero-order valence-corrected chi connectivity index (χ0v) is 9.27. The Morgan fingerprint density at radius 1 is 1.24 bits per heavy atom. The number of aromatic nitrogens is 3. The summed E-state index contributed by atoms with van der Waals surface area (Å²) in [6, 6.07) is 8.58. The van der Waals surface area contributed by atoms with Crippen molar-refractivity contribution in [2.45, 2.75) is 4.90 Å². The predicted molar refractivity (Wildman–Crippen MR) is 61.2 cm³/mol. The molecule has 0 unspecified atom stereocenters. The molecule has 0 saturated heterocycles. The van der Waals surface area contributed by atoms with Crippen LogP contribution in [0.1, 0.15) is 0 Å². The van der Waals surface area contributed by atoms with Gasteiger partial charge in [0.1, 0.15) is 10.4 Å². The number of benzene rings is 2. The Bertz CT molecular complexity index is 823. The van der Waals surface area contributed by atoms with Crippen molar-refractivity contribution in [3.05, 3.63) is 30.3 Å². The van der Waals surface area contributed by atoms with Crippen molar-refractivity contribution in [1.82, 2.24) is 15.4 Å². The third-order valence-corrected chi connectivity index (χ3v) is 3.44. The number of rotatable bonds is 1. The molecule has 1 heterocycles. The van der Waals surface area contributed by atoms with Crippen LogP contribution in [0.5, 0.6) is 0 Å². The minimum atomic E-state index is -4.31. The lowest BCUT2D eigenvalue weighted by atomic mass is 10.1. The van der Waals surface area contributed by atoms with E-state index < -0.39 is 10.1 Å². The van der Waals surface area contributed by atoms with E-state index in [-0.39, 0.29) is 10.4 Å². The fraction of sp³-hybridized carbons (Fsp3) is 0. The maximum atomic E-state index is 11.3. The zero-order valence-electron chi connectivity index (χ0n) is 8.45. The highest BCUT2D eigenvalue weighted by Gasteiger charge is 2.18. The summed E-state index contributed by atoms with van der Waals surface area (Å²) >= 11 is 0. The first-order chi connectivity index (χ1) is 8.07. The normalized spacial score (nSPS) is 12.3. The number of hydrogen-bond acceptors (Lipinski definition) is 4. The molecule has 0 saturated carbocycles. The Hall–Kier alpha value is -1.99. The minimum absolute atomic E-state index is 0.145. The van der Waals surface area contributed by atoms with E-state index in [2.05, 4.69) is 15.4 Å². The lowest BCUT2D eigenvalue weighted by molar-refractivity contribution is 0.484. The van der Waals surface area contributed by atoms with Crippen LogP contribution in [0.3, 0.4) is 0 Å². The Balaban J connectivity index is 2.62. The van der Waals surface area contributed by atoms with E-state index in [1.165, 1.54) is 6.07 Å².